The lowest BCUT2D eigenvalue weighted by Gasteiger charge is -2.35. The summed E-state index contributed by atoms with van der Waals surface area (Å²) in [7, 11) is 0. The molecule has 1 heterocycles. The quantitative estimate of drug-likeness (QED) is 0.903. The molecular weight excluding hydrogens is 238 g/mol. The largest absolute Gasteiger partial charge is 0.368 e. The number of hydrogen-bond acceptors (Lipinski definition) is 2. The number of anilines is 1. The van der Waals surface area contributed by atoms with Gasteiger partial charge in [-0.15, -0.1) is 0 Å². The number of unbranched alkanes of at least 4 members (excludes halogenated alkanes) is 1. The van der Waals surface area contributed by atoms with E-state index in [0.29, 0.717) is 13.1 Å². The Morgan fingerprint density at radius 1 is 1.16 bits per heavy atom. The number of piperazine rings is 1. The Hall–Kier alpha value is -1.71. The van der Waals surface area contributed by atoms with Crippen molar-refractivity contribution in [1.82, 2.24) is 4.90 Å². The van der Waals surface area contributed by atoms with Crippen molar-refractivity contribution in [3.63, 3.8) is 0 Å². The predicted octanol–water partition coefficient (Wildman–Crippen LogP) is 2.23. The lowest BCUT2D eigenvalue weighted by atomic mass is 10.1. The van der Waals surface area contributed by atoms with Crippen LogP contribution in [0.1, 0.15) is 25.3 Å². The molecule has 2 amide bonds. The third-order valence-electron chi connectivity index (χ3n) is 3.71. The van der Waals surface area contributed by atoms with Crippen LogP contribution in [0.4, 0.5) is 10.5 Å². The average molecular weight is 261 g/mol. The number of primary amides is 1. The minimum absolute atomic E-state index is 0.311. The van der Waals surface area contributed by atoms with E-state index >= 15 is 0 Å². The summed E-state index contributed by atoms with van der Waals surface area (Å²) in [6, 6.07) is 8.49. The second-order valence-electron chi connectivity index (χ2n) is 5.08. The van der Waals surface area contributed by atoms with Crippen LogP contribution in [0.3, 0.4) is 0 Å². The molecule has 4 heteroatoms. The van der Waals surface area contributed by atoms with Crippen LogP contribution < -0.4 is 10.6 Å². The van der Waals surface area contributed by atoms with E-state index in [9.17, 15) is 4.79 Å². The number of amides is 2. The Balaban J connectivity index is 1.90. The highest BCUT2D eigenvalue weighted by Crippen LogP contribution is 2.18. The Morgan fingerprint density at radius 3 is 2.32 bits per heavy atom. The maximum absolute atomic E-state index is 11.1. The molecule has 1 saturated heterocycles. The van der Waals surface area contributed by atoms with E-state index in [1.165, 1.54) is 24.1 Å². The van der Waals surface area contributed by atoms with Gasteiger partial charge in [0.25, 0.3) is 0 Å². The van der Waals surface area contributed by atoms with Gasteiger partial charge >= 0.3 is 6.03 Å². The van der Waals surface area contributed by atoms with Gasteiger partial charge in [-0.1, -0.05) is 25.5 Å². The number of aryl methyl sites for hydroxylation is 1. The van der Waals surface area contributed by atoms with Gasteiger partial charge in [0.15, 0.2) is 0 Å². The minimum atomic E-state index is -0.311. The van der Waals surface area contributed by atoms with E-state index in [-0.39, 0.29) is 6.03 Å². The van der Waals surface area contributed by atoms with Gasteiger partial charge in [-0.2, -0.15) is 0 Å². The lowest BCUT2D eigenvalue weighted by Crippen LogP contribution is -2.50. The van der Waals surface area contributed by atoms with Gasteiger partial charge in [-0.25, -0.2) is 4.79 Å². The third-order valence-corrected chi connectivity index (χ3v) is 3.71. The highest BCUT2D eigenvalue weighted by Gasteiger charge is 2.19. The Kier molecular flexibility index (Phi) is 4.66. The number of nitrogens with zero attached hydrogens (tertiary/aromatic N) is 2. The molecule has 0 radical (unpaired) electrons. The van der Waals surface area contributed by atoms with E-state index in [1.54, 1.807) is 4.90 Å². The van der Waals surface area contributed by atoms with Gasteiger partial charge in [-0.3, -0.25) is 0 Å². The molecule has 0 unspecified atom stereocenters. The van der Waals surface area contributed by atoms with Gasteiger partial charge < -0.3 is 15.5 Å². The summed E-state index contributed by atoms with van der Waals surface area (Å²) in [5.41, 5.74) is 7.93. The van der Waals surface area contributed by atoms with Crippen LogP contribution in [-0.4, -0.2) is 37.1 Å². The number of nitrogens with two attached hydrogens (primary N) is 1. The molecule has 1 aliphatic rings. The second kappa shape index (κ2) is 6.45. The summed E-state index contributed by atoms with van der Waals surface area (Å²) >= 11 is 0. The molecule has 0 bridgehead atoms. The molecule has 1 aromatic rings. The summed E-state index contributed by atoms with van der Waals surface area (Å²) in [5.74, 6) is 0. The molecule has 0 saturated carbocycles. The molecule has 0 spiro atoms. The van der Waals surface area contributed by atoms with Crippen molar-refractivity contribution in [3.05, 3.63) is 29.8 Å². The van der Waals surface area contributed by atoms with E-state index < -0.39 is 0 Å². The van der Waals surface area contributed by atoms with E-state index in [2.05, 4.69) is 36.1 Å². The fourth-order valence-corrected chi connectivity index (χ4v) is 2.44. The average Bonchev–Trinajstić information content (AvgIpc) is 2.46. The molecule has 0 aliphatic carbocycles. The first-order valence-electron chi connectivity index (χ1n) is 7.09. The van der Waals surface area contributed by atoms with Crippen molar-refractivity contribution in [2.45, 2.75) is 26.2 Å². The lowest BCUT2D eigenvalue weighted by molar-refractivity contribution is 0.204. The molecule has 0 aromatic heterocycles. The number of urea groups is 1. The fourth-order valence-electron chi connectivity index (χ4n) is 2.44. The molecule has 1 aromatic carbocycles. The maximum Gasteiger partial charge on any atom is 0.314 e. The summed E-state index contributed by atoms with van der Waals surface area (Å²) in [5, 5.41) is 0. The number of rotatable bonds is 4. The zero-order chi connectivity index (χ0) is 13.7. The molecule has 4 nitrogen and oxygen atoms in total. The van der Waals surface area contributed by atoms with Gasteiger partial charge in [0.05, 0.1) is 0 Å². The van der Waals surface area contributed by atoms with E-state index in [4.69, 9.17) is 5.73 Å². The first-order valence-corrected chi connectivity index (χ1v) is 7.09. The molecule has 104 valence electrons. The van der Waals surface area contributed by atoms with Crippen molar-refractivity contribution in [2.24, 2.45) is 5.73 Å². The third kappa shape index (κ3) is 3.63. The van der Waals surface area contributed by atoms with Gasteiger partial charge in [0.2, 0.25) is 0 Å². The van der Waals surface area contributed by atoms with Crippen LogP contribution in [0.15, 0.2) is 24.3 Å². The Bertz CT molecular complexity index is 408. The molecule has 1 fully saturated rings. The summed E-state index contributed by atoms with van der Waals surface area (Å²) in [6.07, 6.45) is 3.64. The van der Waals surface area contributed by atoms with Crippen LogP contribution >= 0.6 is 0 Å². The normalized spacial score (nSPS) is 15.6. The molecule has 2 rings (SSSR count). The number of benzene rings is 1. The minimum Gasteiger partial charge on any atom is -0.368 e. The van der Waals surface area contributed by atoms with E-state index in [1.807, 2.05) is 0 Å². The summed E-state index contributed by atoms with van der Waals surface area (Å²) in [4.78, 5) is 15.1. The number of carbonyl (C=O) groups is 1. The first-order chi connectivity index (χ1) is 9.20. The standard InChI is InChI=1S/C15H23N3O/c1-2-3-4-13-5-7-14(8-6-13)17-9-11-18(12-10-17)15(16)19/h5-8H,2-4,9-12H2,1H3,(H2,16,19). The van der Waals surface area contributed by atoms with E-state index in [0.717, 1.165) is 19.5 Å². The zero-order valence-corrected chi connectivity index (χ0v) is 11.6. The van der Waals surface area contributed by atoms with Crippen molar-refractivity contribution >= 4 is 11.7 Å². The van der Waals surface area contributed by atoms with Crippen molar-refractivity contribution in [1.29, 1.82) is 0 Å². The molecule has 1 aliphatic heterocycles. The van der Waals surface area contributed by atoms with Crippen molar-refractivity contribution < 1.29 is 4.79 Å². The van der Waals surface area contributed by atoms with Crippen LogP contribution in [0.5, 0.6) is 0 Å². The van der Waals surface area contributed by atoms with Crippen LogP contribution in [-0.2, 0) is 6.42 Å². The Labute approximate surface area is 115 Å². The molecule has 0 atom stereocenters. The van der Waals surface area contributed by atoms with Gasteiger partial charge in [-0.05, 0) is 30.5 Å². The molecule has 19 heavy (non-hydrogen) atoms. The Morgan fingerprint density at radius 2 is 1.79 bits per heavy atom. The fraction of sp³-hybridized carbons (Fsp3) is 0.533. The SMILES string of the molecule is CCCCc1ccc(N2CCN(C(N)=O)CC2)cc1. The smallest absolute Gasteiger partial charge is 0.314 e. The topological polar surface area (TPSA) is 49.6 Å². The maximum atomic E-state index is 11.1. The number of hydrogen-bond donors (Lipinski definition) is 1. The molecule has 2 N–H and O–H groups in total. The van der Waals surface area contributed by atoms with Gasteiger partial charge in [0.1, 0.15) is 0 Å². The zero-order valence-electron chi connectivity index (χ0n) is 11.6. The van der Waals surface area contributed by atoms with Crippen LogP contribution in [0.2, 0.25) is 0 Å². The second-order valence-corrected chi connectivity index (χ2v) is 5.08. The highest BCUT2D eigenvalue weighted by molar-refractivity contribution is 5.72. The van der Waals surface area contributed by atoms with Crippen molar-refractivity contribution in [2.75, 3.05) is 31.1 Å². The summed E-state index contributed by atoms with van der Waals surface area (Å²) < 4.78 is 0. The number of carbonyl (C=O) groups excluding carboxylic acids is 1. The van der Waals surface area contributed by atoms with Crippen molar-refractivity contribution in [3.8, 4) is 0 Å². The monoisotopic (exact) mass is 261 g/mol. The highest BCUT2D eigenvalue weighted by atomic mass is 16.2. The molecular formula is C15H23N3O. The van der Waals surface area contributed by atoms with Gasteiger partial charge in [0, 0.05) is 31.9 Å². The predicted molar refractivity (Wildman–Crippen MR) is 78.4 cm³/mol. The van der Waals surface area contributed by atoms with Crippen LogP contribution in [0.25, 0.3) is 0 Å². The first kappa shape index (κ1) is 13.7. The van der Waals surface area contributed by atoms with Crippen LogP contribution in [0, 0.1) is 0 Å². The summed E-state index contributed by atoms with van der Waals surface area (Å²) in [6.45, 7) is 5.36.